The van der Waals surface area contributed by atoms with Crippen LogP contribution in [0.25, 0.3) is 55.0 Å². The minimum absolute atomic E-state index is 0.00628. The quantitative estimate of drug-likeness (QED) is 0.0862. The van der Waals surface area contributed by atoms with Crippen molar-refractivity contribution in [2.24, 2.45) is 5.92 Å². The monoisotopic (exact) mass is 1640 g/mol. The minimum atomic E-state index is -1.07. The minimum Gasteiger partial charge on any atom is -0.355 e. The molecule has 126 heavy (non-hydrogen) atoms. The number of aryl methyl sites for hydroxylation is 1. The molecule has 0 saturated carbocycles. The highest BCUT2D eigenvalue weighted by Gasteiger charge is 2.54. The zero-order chi connectivity index (χ0) is 84.4. The maximum atomic E-state index is 2.74. The lowest BCUT2D eigenvalue weighted by atomic mass is 9.31. The third kappa shape index (κ3) is 12.0. The zero-order valence-electron chi connectivity index (χ0n) is 72.1. The first-order valence-electron chi connectivity index (χ1n) is 44.8. The van der Waals surface area contributed by atoms with Gasteiger partial charge in [-0.2, -0.15) is 10.9 Å². The molecule has 0 bridgehead atoms. The molecule has 0 radical (unpaired) electrons. The van der Waals surface area contributed by atoms with Crippen LogP contribution in [-0.2, 0) is 6.42 Å². The number of nitrogens with zero attached hydrogens (tertiary/aromatic N) is 8. The number of anilines is 12. The van der Waals surface area contributed by atoms with Gasteiger partial charge in [-0.1, -0.05) is 248 Å². The molecule has 0 spiro atoms. The van der Waals surface area contributed by atoms with Crippen LogP contribution in [-0.4, -0.2) is 44.3 Å². The van der Waals surface area contributed by atoms with Gasteiger partial charge in [-0.15, -0.1) is 0 Å². The Labute approximate surface area is 741 Å². The maximum absolute atomic E-state index is 2.74. The second-order valence-corrected chi connectivity index (χ2v) is 39.0. The number of fused-ring (bicyclic) bond motifs is 14. The van der Waals surface area contributed by atoms with Gasteiger partial charge in [0.25, 0.3) is 0 Å². The van der Waals surface area contributed by atoms with Crippen molar-refractivity contribution in [3.63, 3.8) is 0 Å². The van der Waals surface area contributed by atoms with E-state index in [1.807, 2.05) is 0 Å². The van der Waals surface area contributed by atoms with Gasteiger partial charge < -0.3 is 38.5 Å². The van der Waals surface area contributed by atoms with Crippen molar-refractivity contribution >= 4 is 140 Å². The highest BCUT2D eigenvalue weighted by Crippen LogP contribution is 2.73. The normalized spacial score (nSPS) is 20.9. The van der Waals surface area contributed by atoms with Crippen molar-refractivity contribution in [2.45, 2.75) is 106 Å². The second kappa shape index (κ2) is 29.5. The van der Waals surface area contributed by atoms with E-state index in [4.69, 9.17) is 0 Å². The van der Waals surface area contributed by atoms with Gasteiger partial charge in [-0.3, -0.25) is 0 Å². The molecule has 610 valence electrons. The predicted octanol–water partition coefficient (Wildman–Crippen LogP) is 28.0. The summed E-state index contributed by atoms with van der Waals surface area (Å²) in [6.45, 7) is 16.4. The summed E-state index contributed by atoms with van der Waals surface area (Å²) in [5.41, 5.74) is 35.3. The molecule has 16 aromatic rings. The van der Waals surface area contributed by atoms with E-state index in [0.717, 1.165) is 59.1 Å². The fourth-order valence-electron chi connectivity index (χ4n) is 22.6. The van der Waals surface area contributed by atoms with Crippen LogP contribution in [0.15, 0.2) is 438 Å². The predicted molar refractivity (Wildman–Crippen MR) is 534 cm³/mol. The molecule has 0 saturated heterocycles. The summed E-state index contributed by atoms with van der Waals surface area (Å²) in [4.78, 5) is 18.6. The first-order chi connectivity index (χ1) is 61.8. The van der Waals surface area contributed by atoms with Crippen molar-refractivity contribution < 1.29 is 0 Å². The first-order valence-corrected chi connectivity index (χ1v) is 46.2. The summed E-state index contributed by atoms with van der Waals surface area (Å²) < 4.78 is 4.62. The Kier molecular flexibility index (Phi) is 17.7. The molecule has 10 heteroatoms. The molecule has 8 nitrogen and oxygen atoms in total. The fourth-order valence-corrected chi connectivity index (χ4v) is 26.0. The van der Waals surface area contributed by atoms with Crippen LogP contribution in [0.3, 0.4) is 0 Å². The average molecular weight is 1650 g/mol. The van der Waals surface area contributed by atoms with Crippen molar-refractivity contribution in [1.29, 1.82) is 0 Å². The molecule has 2 aromatic heterocycles. The number of para-hydroxylation sites is 7. The lowest BCUT2D eigenvalue weighted by Crippen LogP contribution is -2.61. The standard InChI is InChI=1S/C116H97BN8S/c1-76-43-49-87(50-44-76)118(91-63-66-116(7)112(75-91)124(86-33-18-11-19-34-86)105-42-26-41-104-114(105)126(116)111-60-55-92(74-108(111)119(104)83-27-12-8-13-28-83)125(99-58-45-78(3)67-80(99)5)115(6)64-61-77(2)62-65-115)88-51-46-81(47-52-88)70-82-48-59-103-96(71-82)95-37-22-25-40-102(95)123(103)90-54-57-98-107(73-90)121(85-31-16-10-17-32-85)110-69-79(4)68-109-113(110)117(98)97-56-53-89(72-106(97)120(109)84-29-14-9-15-30-84)122-100-38-23-20-35-93(100)94-36-21-24-39-101(94)122/h8-64,66-67,69,71-75,80,99,109,112,126H,65,68,70H2,1-7H3. The van der Waals surface area contributed by atoms with Crippen LogP contribution in [0.5, 0.6) is 0 Å². The van der Waals surface area contributed by atoms with Crippen LogP contribution < -0.4 is 40.3 Å². The molecule has 24 rings (SSSR count). The van der Waals surface area contributed by atoms with Gasteiger partial charge in [-0.25, -0.2) is 0 Å². The Morgan fingerprint density at radius 1 is 0.429 bits per heavy atom. The van der Waals surface area contributed by atoms with Gasteiger partial charge in [-0.05, 0) is 270 Å². The van der Waals surface area contributed by atoms with Crippen molar-refractivity contribution in [3.8, 4) is 11.4 Å². The molecule has 7 unspecified atom stereocenters. The van der Waals surface area contributed by atoms with E-state index in [1.54, 1.807) is 0 Å². The number of benzene rings is 14. The lowest BCUT2D eigenvalue weighted by molar-refractivity contribution is 0.435. The first kappa shape index (κ1) is 75.5. The average Bonchev–Trinajstić information content (AvgIpc) is 0.734. The van der Waals surface area contributed by atoms with Crippen LogP contribution >= 0.6 is 10.9 Å². The summed E-state index contributed by atoms with van der Waals surface area (Å²) in [5.74, 6) is 0.305. The van der Waals surface area contributed by atoms with Gasteiger partial charge in [0.1, 0.15) is 0 Å². The number of aromatic nitrogens is 2. The molecule has 4 aliphatic carbocycles. The van der Waals surface area contributed by atoms with E-state index in [-0.39, 0.29) is 35.1 Å². The van der Waals surface area contributed by atoms with Crippen LogP contribution in [0.4, 0.5) is 68.2 Å². The van der Waals surface area contributed by atoms with Gasteiger partial charge in [0.2, 0.25) is 6.71 Å². The topological polar surface area (TPSA) is 29.3 Å². The Hall–Kier alpha value is -14.2. The fraction of sp³-hybridized carbons (Fsp3) is 0.138. The maximum Gasteiger partial charge on any atom is 0.247 e. The molecule has 14 aromatic carbocycles. The second-order valence-electron chi connectivity index (χ2n) is 36.4. The largest absolute Gasteiger partial charge is 0.355 e. The molecule has 4 aliphatic heterocycles. The molecule has 0 N–H and O–H groups in total. The van der Waals surface area contributed by atoms with Gasteiger partial charge in [0, 0.05) is 110 Å². The van der Waals surface area contributed by atoms with E-state index >= 15 is 0 Å². The Morgan fingerprint density at radius 3 is 1.62 bits per heavy atom. The van der Waals surface area contributed by atoms with Gasteiger partial charge >= 0.3 is 0 Å². The summed E-state index contributed by atoms with van der Waals surface area (Å²) in [5, 5.41) is 4.99. The van der Waals surface area contributed by atoms with E-state index in [9.17, 15) is 0 Å². The highest BCUT2D eigenvalue weighted by molar-refractivity contribution is 8.19. The van der Waals surface area contributed by atoms with Crippen molar-refractivity contribution in [1.82, 2.24) is 9.13 Å². The van der Waals surface area contributed by atoms with Crippen LogP contribution in [0, 0.1) is 12.8 Å². The van der Waals surface area contributed by atoms with E-state index in [1.165, 1.54) is 154 Å². The number of allylic oxidation sites excluding steroid dienone is 6. The molecule has 0 amide bonds. The Morgan fingerprint density at radius 2 is 0.984 bits per heavy atom. The number of thiol groups is 1. The third-order valence-electron chi connectivity index (χ3n) is 28.4. The SMILES string of the molecule is CC1=CCC(C)(N(c2ccc3c(c2)N(c2ccccc2)c2cccc4c2[SH]3C2(C)C=CC(N(c3ccc(C)cc3)c3ccc(Cc5ccc6c(c5)c5ccccc5n6-c5ccc6c(c5)N(c5ccccc5)C5=C7B6c6ccc(-n8c9ccccc9c9ccccc98)cc6N(c6ccccc6)C7CC(C)=C5)cc3)=CC2N4c2ccccc2)C2C=CC(C)=CC2C)C=C1. The lowest BCUT2D eigenvalue weighted by Gasteiger charge is -2.58. The van der Waals surface area contributed by atoms with Gasteiger partial charge in [0.05, 0.1) is 62.8 Å². The number of hydrogen-bond donors (Lipinski definition) is 1. The molecule has 6 heterocycles. The Bertz CT molecular complexity index is 7360. The third-order valence-corrected chi connectivity index (χ3v) is 31.5. The van der Waals surface area contributed by atoms with Crippen molar-refractivity contribution in [2.75, 3.05) is 29.4 Å². The van der Waals surface area contributed by atoms with E-state index in [0.29, 0.717) is 5.92 Å². The smallest absolute Gasteiger partial charge is 0.247 e. The van der Waals surface area contributed by atoms with Crippen molar-refractivity contribution in [3.05, 3.63) is 445 Å². The molecule has 8 aliphatic rings. The molecular weight excluding hydrogens is 1550 g/mol. The van der Waals surface area contributed by atoms with Crippen LogP contribution in [0.1, 0.15) is 71.1 Å². The van der Waals surface area contributed by atoms with Gasteiger partial charge in [0.15, 0.2) is 0 Å². The van der Waals surface area contributed by atoms with E-state index < -0.39 is 10.9 Å². The van der Waals surface area contributed by atoms with Crippen LogP contribution in [0.2, 0.25) is 0 Å². The highest BCUT2D eigenvalue weighted by atomic mass is 32.2. The Balaban J connectivity index is 0.593. The van der Waals surface area contributed by atoms with E-state index in [2.05, 4.69) is 481 Å². The molecular formula is C116H97BN8S. The number of hydrogen-bond acceptors (Lipinski definition) is 6. The summed E-state index contributed by atoms with van der Waals surface area (Å²) in [7, 11) is -1.07. The summed E-state index contributed by atoms with van der Waals surface area (Å²) in [6.07, 6.45) is 27.3. The summed E-state index contributed by atoms with van der Waals surface area (Å²) >= 11 is 0. The number of rotatable bonds is 14. The molecule has 7 atom stereocenters. The molecule has 0 fully saturated rings. The summed E-state index contributed by atoms with van der Waals surface area (Å²) in [6, 6.07) is 127. The zero-order valence-corrected chi connectivity index (χ0v) is 73.0.